The average molecular weight is 2020 g/mol. The number of esters is 1. The number of allylic oxidation sites excluding steroid dienone is 2. The third-order valence-electron chi connectivity index (χ3n) is 21.4. The summed E-state index contributed by atoms with van der Waals surface area (Å²) in [5, 5.41) is 19.7. The first kappa shape index (κ1) is 113. The van der Waals surface area contributed by atoms with E-state index < -0.39 is 128 Å². The van der Waals surface area contributed by atoms with Crippen molar-refractivity contribution in [3.63, 3.8) is 0 Å². The number of nitrogens with zero attached hydrogens (tertiary/aromatic N) is 10. The van der Waals surface area contributed by atoms with Gasteiger partial charge in [0, 0.05) is 88.7 Å². The number of methoxy groups -OCH3 is 1. The van der Waals surface area contributed by atoms with Crippen molar-refractivity contribution in [1.29, 1.82) is 0 Å². The predicted molar refractivity (Wildman–Crippen MR) is 498 cm³/mol. The maximum atomic E-state index is 14.1. The molecule has 10 amide bonds. The first-order valence-electron chi connectivity index (χ1n) is 45.9. The van der Waals surface area contributed by atoms with Crippen LogP contribution >= 0.6 is 0 Å². The fourth-order valence-corrected chi connectivity index (χ4v) is 14.9. The summed E-state index contributed by atoms with van der Waals surface area (Å²) in [5.74, 6) is -16.9. The van der Waals surface area contributed by atoms with Crippen LogP contribution in [0.5, 0.6) is 17.2 Å². The van der Waals surface area contributed by atoms with Crippen LogP contribution in [0.15, 0.2) is 87.7 Å². The summed E-state index contributed by atoms with van der Waals surface area (Å²) in [6.07, 6.45) is 3.24. The van der Waals surface area contributed by atoms with Gasteiger partial charge in [0.15, 0.2) is 16.5 Å². The number of amides is 10. The van der Waals surface area contributed by atoms with Gasteiger partial charge < -0.3 is 129 Å². The van der Waals surface area contributed by atoms with Crippen molar-refractivity contribution in [2.45, 2.75) is 123 Å². The van der Waals surface area contributed by atoms with Crippen molar-refractivity contribution < 1.29 is 145 Å². The van der Waals surface area contributed by atoms with Crippen LogP contribution in [0, 0.1) is 43.0 Å². The zero-order valence-electron chi connectivity index (χ0n) is 80.0. The van der Waals surface area contributed by atoms with Gasteiger partial charge in [-0.05, 0) is 107 Å². The highest BCUT2D eigenvalue weighted by Crippen LogP contribution is 2.34. The molecule has 46 nitrogen and oxygen atoms in total. The number of anilines is 1. The Kier molecular flexibility index (Phi) is 45.9. The van der Waals surface area contributed by atoms with Crippen LogP contribution < -0.4 is 63.9 Å². The number of aryl methyl sites for hydroxylation is 4. The number of hydrogen-bond acceptors (Lipinski definition) is 29. The molecule has 0 radical (unpaired) electrons. The van der Waals surface area contributed by atoms with E-state index in [4.69, 9.17) is 83.3 Å². The SMILES string of the molecule is CCn1nc(C)cc1C(=O)N=c1[nH]c2cc(C(N)=O)cc(OC)c2n1C/C=C/Cn1c(=NC(=O)c2cc(C)nn2CC)[nH]c2cc(C(N)=O)cc(OCCCN3CCN(C(=O)OCc4ccc(NC(=O)[C@H](CCCNC(N)=O)NC(=O)[C@@H](NC(=O)CCOCCOCCOCCOCCOCCOCCOCCOCCOCCOCCC(=O)Oc5c(F)c(F)c(S(=O)(=O)O)c(F)c5F)C(C)C)cc4)CC3)c21. The normalized spacial score (nSPS) is 13.2. The second-order valence-corrected chi connectivity index (χ2v) is 33.5. The quantitative estimate of drug-likeness (QED) is 0.00482. The smallest absolute Gasteiger partial charge is 0.410 e. The van der Waals surface area contributed by atoms with Crippen molar-refractivity contribution in [3.8, 4) is 17.2 Å². The zero-order chi connectivity index (χ0) is 103. The summed E-state index contributed by atoms with van der Waals surface area (Å²) in [5.41, 5.74) is 21.8. The number of H-pyrrole nitrogens is 2. The number of benzene rings is 4. The van der Waals surface area contributed by atoms with E-state index in [1.165, 1.54) is 19.2 Å². The highest BCUT2D eigenvalue weighted by Gasteiger charge is 2.36. The number of halogens is 4. The van der Waals surface area contributed by atoms with E-state index in [0.717, 1.165) is 0 Å². The van der Waals surface area contributed by atoms with Crippen molar-refractivity contribution in [3.05, 3.63) is 147 Å². The van der Waals surface area contributed by atoms with Gasteiger partial charge in [-0.2, -0.15) is 37.4 Å². The minimum Gasteiger partial charge on any atom is -0.494 e. The molecule has 0 saturated carbocycles. The Labute approximate surface area is 813 Å². The van der Waals surface area contributed by atoms with E-state index in [-0.39, 0.29) is 163 Å². The molecule has 51 heteroatoms. The molecule has 0 unspecified atom stereocenters. The summed E-state index contributed by atoms with van der Waals surface area (Å²) in [6.45, 7) is 18.6. The van der Waals surface area contributed by atoms with Gasteiger partial charge in [0.1, 0.15) is 52.6 Å². The third kappa shape index (κ3) is 35.0. The number of nitrogens with one attached hydrogen (secondary N) is 6. The molecule has 4 aromatic heterocycles. The minimum atomic E-state index is -5.68. The van der Waals surface area contributed by atoms with E-state index >= 15 is 0 Å². The van der Waals surface area contributed by atoms with E-state index in [9.17, 15) is 73.9 Å². The van der Waals surface area contributed by atoms with E-state index in [2.05, 4.69) is 61.1 Å². The van der Waals surface area contributed by atoms with Crippen molar-refractivity contribution >= 4 is 97.3 Å². The number of fused-ring (bicyclic) bond motifs is 2. The summed E-state index contributed by atoms with van der Waals surface area (Å²) >= 11 is 0. The Morgan fingerprint density at radius 2 is 1.00 bits per heavy atom. The maximum absolute atomic E-state index is 14.1. The van der Waals surface area contributed by atoms with Crippen LogP contribution in [0.3, 0.4) is 0 Å². The highest BCUT2D eigenvalue weighted by atomic mass is 32.2. The number of hydrogen-bond donors (Lipinski definition) is 10. The standard InChI is InChI=1S/C91H123F4N19O27S/c1-8-113-67(50-58(5)107-113)85(120)105-89-102-65-52-61(82(96)117)54-69(128-7)78(65)111(89)23-10-11-24-112-79-66(103-90(112)106-86(121)68-51-59(6)108-114(68)9-2)53-62(83(97)118)55-70(79)139-29-13-22-109-25-27-110(28-26-109)91(124)140-56-60-15-17-63(18-16-60)100-84(119)64(14-12-21-99-88(98)123)101-87(122)77(57(3)4)104-71(115)19-30-129-32-34-131-36-38-133-40-42-135-44-46-137-48-49-138-47-45-136-43-41-134-39-37-132-35-33-130-31-20-72(116)141-80-73(92)75(94)81(142(125,126)127)76(95)74(80)93/h10-11,15-18,50-55,57,64,77H,8-9,12-14,19-49,56H2,1-7H3,(H2,96,117)(H2,97,118)(H,100,119)(H,101,122)(H,104,115)(H3,98,99,123)(H,102,105,120)(H,103,106,121)(H,125,126,127)/b11-10+/t64-,77-/m0/s1. The number of aromatic nitrogens is 8. The lowest BCUT2D eigenvalue weighted by Gasteiger charge is -2.34. The first-order chi connectivity index (χ1) is 68.2. The number of carbonyl (C=O) groups is 10. The Hall–Kier alpha value is -12.9. The summed E-state index contributed by atoms with van der Waals surface area (Å²) in [4.78, 5) is 148. The molecule has 1 saturated heterocycles. The van der Waals surface area contributed by atoms with Crippen molar-refractivity contribution in [2.75, 3.05) is 190 Å². The van der Waals surface area contributed by atoms with E-state index in [0.29, 0.717) is 163 Å². The fourth-order valence-electron chi connectivity index (χ4n) is 14.3. The number of ether oxygens (including phenoxy) is 14. The number of carbonyl (C=O) groups excluding carboxylic acids is 10. The summed E-state index contributed by atoms with van der Waals surface area (Å²) in [6, 6.07) is 13.1. The molecular weight excluding hydrogens is 1900 g/mol. The van der Waals surface area contributed by atoms with Crippen LogP contribution in [-0.4, -0.2) is 318 Å². The molecule has 2 atom stereocenters. The van der Waals surface area contributed by atoms with Gasteiger partial charge in [0.05, 0.1) is 175 Å². The lowest BCUT2D eigenvalue weighted by Crippen LogP contribution is -2.54. The van der Waals surface area contributed by atoms with Crippen LogP contribution in [0.1, 0.15) is 118 Å². The van der Waals surface area contributed by atoms with E-state index in [1.54, 1.807) is 112 Å². The lowest BCUT2D eigenvalue weighted by atomic mass is 10.0. The molecule has 4 aromatic carbocycles. The average Bonchev–Trinajstić information content (AvgIpc) is 1.68. The molecule has 778 valence electrons. The van der Waals surface area contributed by atoms with Crippen LogP contribution in [0.25, 0.3) is 22.1 Å². The van der Waals surface area contributed by atoms with Crippen molar-refractivity contribution in [1.82, 2.24) is 64.4 Å². The number of imidazole rings is 2. The number of aromatic amines is 2. The molecule has 0 aliphatic carbocycles. The van der Waals surface area contributed by atoms with Crippen LogP contribution in [-0.2, 0) is 114 Å². The summed E-state index contributed by atoms with van der Waals surface area (Å²) in [7, 11) is -4.24. The fraction of sp³-hybridized carbons (Fsp3) is 0.516. The molecule has 1 fully saturated rings. The monoisotopic (exact) mass is 2020 g/mol. The first-order valence-corrected chi connectivity index (χ1v) is 47.3. The van der Waals surface area contributed by atoms with Gasteiger partial charge in [-0.25, -0.2) is 18.4 Å². The van der Waals surface area contributed by atoms with Crippen LogP contribution in [0.4, 0.5) is 32.8 Å². The van der Waals surface area contributed by atoms with Gasteiger partial charge in [-0.15, -0.1) is 0 Å². The Bertz CT molecular complexity index is 5870. The van der Waals surface area contributed by atoms with Gasteiger partial charge in [-0.3, -0.25) is 57.2 Å². The number of piperazine rings is 1. The van der Waals surface area contributed by atoms with Gasteiger partial charge in [0.2, 0.25) is 58.2 Å². The molecule has 8 aromatic rings. The number of nitrogens with two attached hydrogens (primary N) is 3. The number of primary amides is 3. The molecular formula is C91H123F4N19O27S. The minimum absolute atomic E-state index is 0.00806. The van der Waals surface area contributed by atoms with Gasteiger partial charge in [-0.1, -0.05) is 38.1 Å². The molecule has 0 bridgehead atoms. The highest BCUT2D eigenvalue weighted by molar-refractivity contribution is 7.85. The third-order valence-corrected chi connectivity index (χ3v) is 22.2. The number of urea groups is 1. The van der Waals surface area contributed by atoms with E-state index in [1.807, 2.05) is 13.8 Å². The second kappa shape index (κ2) is 57.8. The maximum Gasteiger partial charge on any atom is 0.410 e. The number of rotatable bonds is 63. The zero-order valence-corrected chi connectivity index (χ0v) is 80.8. The molecule has 5 heterocycles. The molecule has 13 N–H and O–H groups in total. The molecule has 1 aliphatic heterocycles. The topological polar surface area (TPSA) is 589 Å². The predicted octanol–water partition coefficient (Wildman–Crippen LogP) is 4.34. The van der Waals surface area contributed by atoms with Gasteiger partial charge >= 0.3 is 28.2 Å². The van der Waals surface area contributed by atoms with Crippen molar-refractivity contribution in [2.24, 2.45) is 33.1 Å². The molecule has 0 spiro atoms. The Morgan fingerprint density at radius 3 is 1.43 bits per heavy atom. The largest absolute Gasteiger partial charge is 0.494 e. The second-order valence-electron chi connectivity index (χ2n) is 32.1. The summed E-state index contributed by atoms with van der Waals surface area (Å²) < 4.78 is 170. The molecule has 1 aliphatic rings. The van der Waals surface area contributed by atoms with Crippen LogP contribution in [0.2, 0.25) is 0 Å². The molecule has 142 heavy (non-hydrogen) atoms. The Balaban J connectivity index is 0.623. The molecule has 9 rings (SSSR count). The Morgan fingerprint density at radius 1 is 0.556 bits per heavy atom. The van der Waals surface area contributed by atoms with Gasteiger partial charge in [0.25, 0.3) is 11.8 Å². The lowest BCUT2D eigenvalue weighted by molar-refractivity contribution is -0.136.